The van der Waals surface area contributed by atoms with Crippen molar-refractivity contribution in [3.63, 3.8) is 0 Å². The Hall–Kier alpha value is -1.88. The summed E-state index contributed by atoms with van der Waals surface area (Å²) in [5, 5.41) is 4.23. The summed E-state index contributed by atoms with van der Waals surface area (Å²) in [6.07, 6.45) is 1.08. The Morgan fingerprint density at radius 1 is 1.43 bits per heavy atom. The van der Waals surface area contributed by atoms with Crippen LogP contribution in [0, 0.1) is 0 Å². The highest BCUT2D eigenvalue weighted by atomic mass is 32.1. The fourth-order valence-electron chi connectivity index (χ4n) is 2.71. The van der Waals surface area contributed by atoms with Crippen LogP contribution in [-0.4, -0.2) is 29.8 Å². The van der Waals surface area contributed by atoms with Crippen LogP contribution in [0.2, 0.25) is 0 Å². The van der Waals surface area contributed by atoms with Gasteiger partial charge in [-0.2, -0.15) is 0 Å². The summed E-state index contributed by atoms with van der Waals surface area (Å²) in [5.41, 5.74) is 0. The number of hydrogen-bond donors (Lipinski definition) is 1. The van der Waals surface area contributed by atoms with Crippen LogP contribution in [0.25, 0.3) is 10.1 Å². The van der Waals surface area contributed by atoms with Gasteiger partial charge in [0.1, 0.15) is 6.04 Å². The van der Waals surface area contributed by atoms with Crippen molar-refractivity contribution in [1.82, 2.24) is 10.2 Å². The van der Waals surface area contributed by atoms with Crippen LogP contribution in [0.1, 0.15) is 30.7 Å². The van der Waals surface area contributed by atoms with E-state index < -0.39 is 0 Å². The maximum absolute atomic E-state index is 12.3. The van der Waals surface area contributed by atoms with E-state index in [1.54, 1.807) is 23.3 Å². The van der Waals surface area contributed by atoms with Crippen molar-refractivity contribution >= 4 is 33.2 Å². The zero-order valence-corrected chi connectivity index (χ0v) is 12.9. The Morgan fingerprint density at radius 2 is 2.19 bits per heavy atom. The third kappa shape index (κ3) is 2.65. The molecule has 1 N–H and O–H groups in total. The molecule has 21 heavy (non-hydrogen) atoms. The minimum atomic E-state index is -0.325. The second kappa shape index (κ2) is 5.48. The summed E-state index contributed by atoms with van der Waals surface area (Å²) >= 11 is 1.70. The van der Waals surface area contributed by atoms with Crippen molar-refractivity contribution in [2.24, 2.45) is 0 Å². The number of amides is 2. The molecule has 0 saturated carbocycles. The summed E-state index contributed by atoms with van der Waals surface area (Å²) in [7, 11) is 1.70. The molecule has 1 fully saturated rings. The third-order valence-electron chi connectivity index (χ3n) is 4.03. The van der Waals surface area contributed by atoms with Gasteiger partial charge >= 0.3 is 0 Å². The molecule has 2 heterocycles. The molecule has 0 aliphatic carbocycles. The van der Waals surface area contributed by atoms with Crippen molar-refractivity contribution in [3.05, 3.63) is 35.2 Å². The van der Waals surface area contributed by atoms with Crippen LogP contribution in [0.3, 0.4) is 0 Å². The number of thiophene rings is 1. The lowest BCUT2D eigenvalue weighted by molar-refractivity contribution is -0.134. The predicted molar refractivity (Wildman–Crippen MR) is 84.2 cm³/mol. The molecular formula is C16H18N2O2S. The van der Waals surface area contributed by atoms with Crippen molar-refractivity contribution < 1.29 is 9.59 Å². The number of fused-ring (bicyclic) bond motifs is 1. The number of likely N-dealkylation sites (N-methyl/N-ethyl adjacent to an activating group) is 1. The molecule has 1 aliphatic heterocycles. The van der Waals surface area contributed by atoms with Gasteiger partial charge in [0.2, 0.25) is 11.8 Å². The number of nitrogens with one attached hydrogen (secondary N) is 1. The largest absolute Gasteiger partial charge is 0.347 e. The second-order valence-electron chi connectivity index (χ2n) is 5.48. The Bertz CT molecular complexity index is 661. The minimum absolute atomic E-state index is 0.0426. The van der Waals surface area contributed by atoms with Gasteiger partial charge in [-0.25, -0.2) is 0 Å². The van der Waals surface area contributed by atoms with Crippen LogP contribution in [0.15, 0.2) is 30.3 Å². The molecule has 5 heteroatoms. The van der Waals surface area contributed by atoms with Crippen molar-refractivity contribution in [3.8, 4) is 0 Å². The molecule has 0 unspecified atom stereocenters. The minimum Gasteiger partial charge on any atom is -0.347 e. The highest BCUT2D eigenvalue weighted by Crippen LogP contribution is 2.30. The lowest BCUT2D eigenvalue weighted by atomic mass is 10.1. The van der Waals surface area contributed by atoms with Gasteiger partial charge < -0.3 is 10.2 Å². The van der Waals surface area contributed by atoms with Crippen LogP contribution in [0.4, 0.5) is 0 Å². The van der Waals surface area contributed by atoms with E-state index in [4.69, 9.17) is 0 Å². The lowest BCUT2D eigenvalue weighted by Crippen LogP contribution is -2.43. The van der Waals surface area contributed by atoms with E-state index in [1.165, 1.54) is 10.1 Å². The Balaban J connectivity index is 1.72. The predicted octanol–water partition coefficient (Wildman–Crippen LogP) is 2.70. The van der Waals surface area contributed by atoms with Crippen LogP contribution >= 0.6 is 11.3 Å². The van der Waals surface area contributed by atoms with Gasteiger partial charge in [0, 0.05) is 23.0 Å². The smallest absolute Gasteiger partial charge is 0.243 e. The molecule has 1 aromatic carbocycles. The van der Waals surface area contributed by atoms with E-state index in [9.17, 15) is 9.59 Å². The Morgan fingerprint density at radius 3 is 2.86 bits per heavy atom. The standard InChI is InChI=1S/C16H18N2O2S/c1-10(14-9-11-5-3-4-6-13(11)21-14)17-16(20)12-7-8-15(19)18(12)2/h3-6,9-10,12H,7-8H2,1-2H3,(H,17,20)/t10-,12-/m1/s1. The number of rotatable bonds is 3. The first-order valence-corrected chi connectivity index (χ1v) is 7.92. The van der Waals surface area contributed by atoms with E-state index in [0.717, 1.165) is 4.88 Å². The van der Waals surface area contributed by atoms with Gasteiger partial charge in [-0.1, -0.05) is 18.2 Å². The summed E-state index contributed by atoms with van der Waals surface area (Å²) in [5.74, 6) is -0.0158. The van der Waals surface area contributed by atoms with E-state index in [2.05, 4.69) is 23.5 Å². The van der Waals surface area contributed by atoms with Gasteiger partial charge in [0.25, 0.3) is 0 Å². The van der Waals surface area contributed by atoms with Crippen molar-refractivity contribution in [2.75, 3.05) is 7.05 Å². The van der Waals surface area contributed by atoms with E-state index >= 15 is 0 Å². The van der Waals surface area contributed by atoms with Gasteiger partial charge in [-0.05, 0) is 30.9 Å². The molecule has 1 aromatic heterocycles. The number of nitrogens with zero attached hydrogens (tertiary/aromatic N) is 1. The molecule has 1 saturated heterocycles. The van der Waals surface area contributed by atoms with Gasteiger partial charge in [-0.3, -0.25) is 9.59 Å². The summed E-state index contributed by atoms with van der Waals surface area (Å²) in [6, 6.07) is 9.95. The average molecular weight is 302 g/mol. The molecule has 1 aliphatic rings. The Labute approximate surface area is 127 Å². The third-order valence-corrected chi connectivity index (χ3v) is 5.32. The number of carbonyl (C=O) groups excluding carboxylic acids is 2. The SMILES string of the molecule is C[C@@H](NC(=O)[C@H]1CCC(=O)N1C)c1cc2ccccc2s1. The number of hydrogen-bond acceptors (Lipinski definition) is 3. The first kappa shape index (κ1) is 14.1. The molecule has 2 atom stereocenters. The maximum Gasteiger partial charge on any atom is 0.243 e. The van der Waals surface area contributed by atoms with Gasteiger partial charge in [-0.15, -0.1) is 11.3 Å². The zero-order chi connectivity index (χ0) is 15.0. The molecule has 2 aromatic rings. The quantitative estimate of drug-likeness (QED) is 0.947. The van der Waals surface area contributed by atoms with Gasteiger partial charge in [0.05, 0.1) is 6.04 Å². The molecule has 4 nitrogen and oxygen atoms in total. The lowest BCUT2D eigenvalue weighted by Gasteiger charge is -2.21. The first-order valence-electron chi connectivity index (χ1n) is 7.11. The second-order valence-corrected chi connectivity index (χ2v) is 6.59. The number of likely N-dealkylation sites (tertiary alicyclic amines) is 1. The fourth-order valence-corrected chi connectivity index (χ4v) is 3.77. The molecule has 3 rings (SSSR count). The van der Waals surface area contributed by atoms with Crippen molar-refractivity contribution in [2.45, 2.75) is 31.8 Å². The zero-order valence-electron chi connectivity index (χ0n) is 12.1. The Kier molecular flexibility index (Phi) is 3.68. The summed E-state index contributed by atoms with van der Waals surface area (Å²) < 4.78 is 1.22. The maximum atomic E-state index is 12.3. The van der Waals surface area contributed by atoms with E-state index in [1.807, 2.05) is 19.1 Å². The summed E-state index contributed by atoms with van der Waals surface area (Å²) in [4.78, 5) is 26.5. The topological polar surface area (TPSA) is 49.4 Å². The average Bonchev–Trinajstić information content (AvgIpc) is 3.03. The van der Waals surface area contributed by atoms with Crippen LogP contribution in [-0.2, 0) is 9.59 Å². The highest BCUT2D eigenvalue weighted by molar-refractivity contribution is 7.19. The molecule has 2 amide bonds. The first-order chi connectivity index (χ1) is 10.1. The molecule has 110 valence electrons. The molecule has 0 spiro atoms. The van der Waals surface area contributed by atoms with Crippen molar-refractivity contribution in [1.29, 1.82) is 0 Å². The fraction of sp³-hybridized carbons (Fsp3) is 0.375. The highest BCUT2D eigenvalue weighted by Gasteiger charge is 2.33. The number of benzene rings is 1. The monoisotopic (exact) mass is 302 g/mol. The van der Waals surface area contributed by atoms with E-state index in [-0.39, 0.29) is 23.9 Å². The number of carbonyl (C=O) groups is 2. The van der Waals surface area contributed by atoms with E-state index in [0.29, 0.717) is 12.8 Å². The summed E-state index contributed by atoms with van der Waals surface area (Å²) in [6.45, 7) is 1.99. The van der Waals surface area contributed by atoms with Crippen LogP contribution in [0.5, 0.6) is 0 Å². The van der Waals surface area contributed by atoms with Crippen LogP contribution < -0.4 is 5.32 Å². The van der Waals surface area contributed by atoms with Gasteiger partial charge in [0.15, 0.2) is 0 Å². The normalized spacial score (nSPS) is 20.0. The molecule has 0 bridgehead atoms. The molecule has 0 radical (unpaired) electrons. The molecular weight excluding hydrogens is 284 g/mol.